The Bertz CT molecular complexity index is 822. The van der Waals surface area contributed by atoms with Gasteiger partial charge in [-0.1, -0.05) is 29.8 Å². The van der Waals surface area contributed by atoms with Gasteiger partial charge in [0.1, 0.15) is 5.75 Å². The van der Waals surface area contributed by atoms with Crippen molar-refractivity contribution in [3.8, 4) is 5.75 Å². The number of hydrogen-bond donors (Lipinski definition) is 1. The van der Waals surface area contributed by atoms with Crippen LogP contribution in [0.25, 0.3) is 0 Å². The molecule has 1 heterocycles. The second kappa shape index (κ2) is 7.15. The number of nitrogens with zero attached hydrogens (tertiary/aromatic N) is 1. The molecule has 1 fully saturated rings. The van der Waals surface area contributed by atoms with E-state index in [0.717, 1.165) is 11.3 Å². The second-order valence-corrected chi connectivity index (χ2v) is 6.44. The zero-order valence-corrected chi connectivity index (χ0v) is 14.8. The monoisotopic (exact) mass is 358 g/mol. The SMILES string of the molecule is COc1ccc(N2CC(C(=O)Nc3ccccc3C)CC2=O)cc1Cl. The molecule has 1 N–H and O–H groups in total. The van der Waals surface area contributed by atoms with Gasteiger partial charge in [-0.05, 0) is 36.8 Å². The van der Waals surface area contributed by atoms with Crippen LogP contribution in [0.3, 0.4) is 0 Å². The Morgan fingerprint density at radius 2 is 2.04 bits per heavy atom. The van der Waals surface area contributed by atoms with Gasteiger partial charge in [0.2, 0.25) is 11.8 Å². The molecule has 0 spiro atoms. The van der Waals surface area contributed by atoms with Crippen LogP contribution in [-0.4, -0.2) is 25.5 Å². The van der Waals surface area contributed by atoms with Gasteiger partial charge in [-0.2, -0.15) is 0 Å². The summed E-state index contributed by atoms with van der Waals surface area (Å²) in [6.45, 7) is 2.26. The number of amides is 2. The molecule has 1 atom stereocenters. The van der Waals surface area contributed by atoms with Crippen molar-refractivity contribution in [2.45, 2.75) is 13.3 Å². The highest BCUT2D eigenvalue weighted by Crippen LogP contribution is 2.32. The molecule has 6 heteroatoms. The second-order valence-electron chi connectivity index (χ2n) is 6.03. The maximum Gasteiger partial charge on any atom is 0.229 e. The third-order valence-electron chi connectivity index (χ3n) is 4.35. The van der Waals surface area contributed by atoms with Crippen molar-refractivity contribution in [1.82, 2.24) is 0 Å². The summed E-state index contributed by atoms with van der Waals surface area (Å²) >= 11 is 6.14. The first-order valence-corrected chi connectivity index (χ1v) is 8.38. The Hall–Kier alpha value is -2.53. The molecule has 0 bridgehead atoms. The Labute approximate surface area is 151 Å². The zero-order valence-electron chi connectivity index (χ0n) is 14.1. The average molecular weight is 359 g/mol. The van der Waals surface area contributed by atoms with Crippen LogP contribution in [0.15, 0.2) is 42.5 Å². The number of carbonyl (C=O) groups is 2. The van der Waals surface area contributed by atoms with Crippen molar-refractivity contribution in [3.05, 3.63) is 53.1 Å². The number of rotatable bonds is 4. The Balaban J connectivity index is 1.73. The molecule has 0 aromatic heterocycles. The summed E-state index contributed by atoms with van der Waals surface area (Å²) in [6.07, 6.45) is 0.182. The van der Waals surface area contributed by atoms with E-state index in [0.29, 0.717) is 23.0 Å². The molecule has 0 radical (unpaired) electrons. The molecule has 2 aromatic carbocycles. The van der Waals surface area contributed by atoms with Crippen LogP contribution in [0.1, 0.15) is 12.0 Å². The molecule has 3 rings (SSSR count). The van der Waals surface area contributed by atoms with E-state index < -0.39 is 5.92 Å². The lowest BCUT2D eigenvalue weighted by atomic mass is 10.1. The van der Waals surface area contributed by atoms with Crippen LogP contribution in [0.2, 0.25) is 5.02 Å². The molecule has 0 aliphatic carbocycles. The van der Waals surface area contributed by atoms with Gasteiger partial charge in [0.25, 0.3) is 0 Å². The zero-order chi connectivity index (χ0) is 18.0. The topological polar surface area (TPSA) is 58.6 Å². The first-order valence-electron chi connectivity index (χ1n) is 8.00. The molecule has 2 aromatic rings. The van der Waals surface area contributed by atoms with Gasteiger partial charge in [0, 0.05) is 24.3 Å². The third-order valence-corrected chi connectivity index (χ3v) is 4.64. The maximum atomic E-state index is 12.5. The summed E-state index contributed by atoms with van der Waals surface area (Å²) in [6, 6.07) is 12.7. The predicted molar refractivity (Wildman–Crippen MR) is 98.3 cm³/mol. The summed E-state index contributed by atoms with van der Waals surface area (Å²) in [5, 5.41) is 3.34. The standard InChI is InChI=1S/C19H19ClN2O3/c1-12-5-3-4-6-16(12)21-19(24)13-9-18(23)22(11-13)14-7-8-17(25-2)15(20)10-14/h3-8,10,13H,9,11H2,1-2H3,(H,21,24). The van der Waals surface area contributed by atoms with Crippen molar-refractivity contribution >= 4 is 34.8 Å². The Morgan fingerprint density at radius 1 is 1.28 bits per heavy atom. The molecule has 2 amide bonds. The van der Waals surface area contributed by atoms with Gasteiger partial charge in [0.15, 0.2) is 0 Å². The maximum absolute atomic E-state index is 12.5. The summed E-state index contributed by atoms with van der Waals surface area (Å²) in [5.74, 6) is -0.0881. The first-order chi connectivity index (χ1) is 12.0. The highest BCUT2D eigenvalue weighted by atomic mass is 35.5. The van der Waals surface area contributed by atoms with E-state index in [2.05, 4.69) is 5.32 Å². The fourth-order valence-electron chi connectivity index (χ4n) is 2.90. The lowest BCUT2D eigenvalue weighted by Crippen LogP contribution is -2.28. The van der Waals surface area contributed by atoms with E-state index in [9.17, 15) is 9.59 Å². The number of benzene rings is 2. The average Bonchev–Trinajstić information content (AvgIpc) is 2.99. The quantitative estimate of drug-likeness (QED) is 0.907. The van der Waals surface area contributed by atoms with Gasteiger partial charge in [0.05, 0.1) is 18.1 Å². The van der Waals surface area contributed by atoms with Crippen LogP contribution in [0, 0.1) is 12.8 Å². The van der Waals surface area contributed by atoms with E-state index >= 15 is 0 Å². The number of aryl methyl sites for hydroxylation is 1. The van der Waals surface area contributed by atoms with Crippen LogP contribution in [-0.2, 0) is 9.59 Å². The van der Waals surface area contributed by atoms with E-state index in [1.165, 1.54) is 7.11 Å². The number of carbonyl (C=O) groups excluding carboxylic acids is 2. The molecule has 1 aliphatic heterocycles. The number of anilines is 2. The van der Waals surface area contributed by atoms with Crippen molar-refractivity contribution in [3.63, 3.8) is 0 Å². The predicted octanol–water partition coefficient (Wildman–Crippen LogP) is 3.65. The number of nitrogens with one attached hydrogen (secondary N) is 1. The summed E-state index contributed by atoms with van der Waals surface area (Å²) in [7, 11) is 1.54. The fraction of sp³-hybridized carbons (Fsp3) is 0.263. The normalized spacial score (nSPS) is 16.8. The number of halogens is 1. The van der Waals surface area contributed by atoms with Gasteiger partial charge in [-0.15, -0.1) is 0 Å². The van der Waals surface area contributed by atoms with Crippen LogP contribution >= 0.6 is 11.6 Å². The van der Waals surface area contributed by atoms with Gasteiger partial charge >= 0.3 is 0 Å². The van der Waals surface area contributed by atoms with Crippen molar-refractivity contribution in [2.75, 3.05) is 23.9 Å². The highest BCUT2D eigenvalue weighted by molar-refractivity contribution is 6.32. The summed E-state index contributed by atoms with van der Waals surface area (Å²) < 4.78 is 5.13. The smallest absolute Gasteiger partial charge is 0.229 e. The van der Waals surface area contributed by atoms with Gasteiger partial charge < -0.3 is 15.0 Å². The number of ether oxygens (including phenoxy) is 1. The molecule has 5 nitrogen and oxygen atoms in total. The van der Waals surface area contributed by atoms with Gasteiger partial charge in [-0.3, -0.25) is 9.59 Å². The molecule has 25 heavy (non-hydrogen) atoms. The summed E-state index contributed by atoms with van der Waals surface area (Å²) in [5.41, 5.74) is 2.42. The highest BCUT2D eigenvalue weighted by Gasteiger charge is 2.35. The van der Waals surface area contributed by atoms with E-state index in [-0.39, 0.29) is 18.2 Å². The number of para-hydroxylation sites is 1. The van der Waals surface area contributed by atoms with E-state index in [1.54, 1.807) is 23.1 Å². The molecular formula is C19H19ClN2O3. The largest absolute Gasteiger partial charge is 0.495 e. The minimum Gasteiger partial charge on any atom is -0.495 e. The third kappa shape index (κ3) is 3.61. The molecule has 0 saturated carbocycles. The lowest BCUT2D eigenvalue weighted by molar-refractivity contribution is -0.122. The number of hydrogen-bond acceptors (Lipinski definition) is 3. The van der Waals surface area contributed by atoms with Crippen molar-refractivity contribution < 1.29 is 14.3 Å². The molecule has 1 saturated heterocycles. The Kier molecular flexibility index (Phi) is 4.95. The Morgan fingerprint density at radius 3 is 2.72 bits per heavy atom. The molecular weight excluding hydrogens is 340 g/mol. The minimum absolute atomic E-state index is 0.0915. The first kappa shape index (κ1) is 17.3. The van der Waals surface area contributed by atoms with E-state index in [1.807, 2.05) is 31.2 Å². The lowest BCUT2D eigenvalue weighted by Gasteiger charge is -2.18. The molecule has 130 valence electrons. The molecule has 1 unspecified atom stereocenters. The van der Waals surface area contributed by atoms with Crippen molar-refractivity contribution in [1.29, 1.82) is 0 Å². The van der Waals surface area contributed by atoms with Gasteiger partial charge in [-0.25, -0.2) is 0 Å². The van der Waals surface area contributed by atoms with Crippen LogP contribution in [0.4, 0.5) is 11.4 Å². The number of methoxy groups -OCH3 is 1. The van der Waals surface area contributed by atoms with Crippen LogP contribution < -0.4 is 15.0 Å². The van der Waals surface area contributed by atoms with Crippen LogP contribution in [0.5, 0.6) is 5.75 Å². The minimum atomic E-state index is -0.395. The molecule has 1 aliphatic rings. The van der Waals surface area contributed by atoms with E-state index in [4.69, 9.17) is 16.3 Å². The van der Waals surface area contributed by atoms with Crippen molar-refractivity contribution in [2.24, 2.45) is 5.92 Å². The fourth-order valence-corrected chi connectivity index (χ4v) is 3.16. The summed E-state index contributed by atoms with van der Waals surface area (Å²) in [4.78, 5) is 26.5.